The molecule has 0 saturated carbocycles. The zero-order valence-electron chi connectivity index (χ0n) is 23.8. The number of carbonyl (C=O) groups excluding carboxylic acids is 1. The molecule has 2 aromatic carbocycles. The van der Waals surface area contributed by atoms with Crippen LogP contribution in [0.25, 0.3) is 21.9 Å². The zero-order valence-corrected chi connectivity index (χ0v) is 24.7. The summed E-state index contributed by atoms with van der Waals surface area (Å²) < 4.78 is 66.6. The minimum Gasteiger partial charge on any atom is -0.462 e. The third-order valence-electron chi connectivity index (χ3n) is 6.95. The number of nitrogens with zero attached hydrogens (tertiary/aromatic N) is 4. The van der Waals surface area contributed by atoms with Crippen LogP contribution in [0, 0.1) is 0 Å². The maximum absolute atomic E-state index is 14.8. The molecule has 0 radical (unpaired) electrons. The predicted octanol–water partition coefficient (Wildman–Crippen LogP) is 2.95. The molecule has 5 N–H and O–H groups in total. The Hall–Kier alpha value is -3.79. The number of nitrogens with two attached hydrogens (primary N) is 1. The fourth-order valence-electron chi connectivity index (χ4n) is 4.71. The van der Waals surface area contributed by atoms with Gasteiger partial charge in [0, 0.05) is 0 Å². The number of hydrogen-bond acceptors (Lipinski definition) is 12. The van der Waals surface area contributed by atoms with Gasteiger partial charge in [-0.2, -0.15) is 5.09 Å². The summed E-state index contributed by atoms with van der Waals surface area (Å²) in [6.45, 7) is 3.31. The van der Waals surface area contributed by atoms with E-state index in [0.717, 1.165) is 22.6 Å². The second-order valence-electron chi connectivity index (χ2n) is 10.5. The van der Waals surface area contributed by atoms with Gasteiger partial charge in [-0.3, -0.25) is 13.9 Å². The van der Waals surface area contributed by atoms with Gasteiger partial charge >= 0.3 is 13.7 Å². The van der Waals surface area contributed by atoms with Crippen molar-refractivity contribution in [2.24, 2.45) is 0 Å². The van der Waals surface area contributed by atoms with Gasteiger partial charge in [-0.1, -0.05) is 30.3 Å². The van der Waals surface area contributed by atoms with Crippen molar-refractivity contribution in [2.75, 3.05) is 12.3 Å². The lowest BCUT2D eigenvalue weighted by Gasteiger charge is -2.32. The number of imidazole rings is 1. The van der Waals surface area contributed by atoms with E-state index in [0.29, 0.717) is 5.39 Å². The second-order valence-corrected chi connectivity index (χ2v) is 12.2. The Morgan fingerprint density at radius 1 is 1.16 bits per heavy atom. The molecule has 14 nitrogen and oxygen atoms in total. The number of alkyl halides is 2. The summed E-state index contributed by atoms with van der Waals surface area (Å²) in [7, 11) is -4.69. The molecule has 1 fully saturated rings. The molecule has 236 valence electrons. The highest BCUT2D eigenvalue weighted by Gasteiger charge is 2.61. The number of rotatable bonds is 11. The van der Waals surface area contributed by atoms with Crippen molar-refractivity contribution in [2.45, 2.75) is 63.4 Å². The first kappa shape index (κ1) is 31.6. The summed E-state index contributed by atoms with van der Waals surface area (Å²) in [4.78, 5) is 24.4. The van der Waals surface area contributed by atoms with Crippen LogP contribution in [0.4, 0.5) is 14.6 Å². The Kier molecular flexibility index (Phi) is 8.84. The average Bonchev–Trinajstić information content (AvgIpc) is 3.51. The van der Waals surface area contributed by atoms with Crippen LogP contribution in [0.15, 0.2) is 55.1 Å². The molecule has 6 atom stereocenters. The summed E-state index contributed by atoms with van der Waals surface area (Å²) in [5, 5.41) is 25.7. The van der Waals surface area contributed by atoms with E-state index >= 15 is 0 Å². The van der Waals surface area contributed by atoms with Crippen LogP contribution in [-0.2, 0) is 23.4 Å². The Labute approximate surface area is 249 Å². The maximum atomic E-state index is 14.8. The Balaban J connectivity index is 1.45. The minimum absolute atomic E-state index is 0.00629. The molecule has 3 heterocycles. The lowest BCUT2D eigenvalue weighted by atomic mass is 9.96. The van der Waals surface area contributed by atoms with Crippen LogP contribution in [0.2, 0.25) is 0 Å². The van der Waals surface area contributed by atoms with Gasteiger partial charge in [0.1, 0.15) is 35.8 Å². The quantitative estimate of drug-likeness (QED) is 0.139. The van der Waals surface area contributed by atoms with Gasteiger partial charge in [-0.25, -0.2) is 28.3 Å². The SMILES string of the molecule is CC(C)OC(=O)[C@H](C)NP(=O)(OC[C@@]1(C(F)F)O[C@@H](n2cnc3c(N)ncnc32)[C@@H](O)[C@@H]1O)Oc1ccc2ccccc2c1. The van der Waals surface area contributed by atoms with E-state index in [4.69, 9.17) is 24.3 Å². The number of nitrogens with one attached hydrogen (secondary N) is 1. The Morgan fingerprint density at radius 2 is 1.89 bits per heavy atom. The first-order valence-corrected chi connectivity index (χ1v) is 15.0. The number of ether oxygens (including phenoxy) is 2. The Morgan fingerprint density at radius 3 is 2.59 bits per heavy atom. The van der Waals surface area contributed by atoms with E-state index in [1.54, 1.807) is 38.1 Å². The number of aromatic nitrogens is 4. The topological polar surface area (TPSA) is 193 Å². The van der Waals surface area contributed by atoms with Crippen LogP contribution >= 0.6 is 7.75 Å². The van der Waals surface area contributed by atoms with Crippen LogP contribution in [-0.4, -0.2) is 78.7 Å². The first-order valence-electron chi connectivity index (χ1n) is 13.5. The smallest absolute Gasteiger partial charge is 0.459 e. The molecule has 1 saturated heterocycles. The summed E-state index contributed by atoms with van der Waals surface area (Å²) in [6.07, 6.45) is -7.54. The van der Waals surface area contributed by atoms with Crippen molar-refractivity contribution < 1.29 is 46.9 Å². The van der Waals surface area contributed by atoms with Crippen LogP contribution in [0.1, 0.15) is 27.0 Å². The molecule has 4 aromatic rings. The number of fused-ring (bicyclic) bond motifs is 2. The van der Waals surface area contributed by atoms with Crippen LogP contribution in [0.5, 0.6) is 5.75 Å². The molecule has 2 aromatic heterocycles. The second kappa shape index (κ2) is 12.3. The number of aliphatic hydroxyl groups is 2. The molecule has 1 aliphatic heterocycles. The van der Waals surface area contributed by atoms with Gasteiger partial charge < -0.3 is 29.9 Å². The third-order valence-corrected chi connectivity index (χ3v) is 8.57. The highest BCUT2D eigenvalue weighted by Crippen LogP contribution is 2.49. The lowest BCUT2D eigenvalue weighted by Crippen LogP contribution is -2.53. The molecule has 17 heteroatoms. The highest BCUT2D eigenvalue weighted by atomic mass is 31.2. The van der Waals surface area contributed by atoms with Crippen LogP contribution in [0.3, 0.4) is 0 Å². The molecule has 1 unspecified atom stereocenters. The Bertz CT molecular complexity index is 1710. The zero-order chi connectivity index (χ0) is 31.8. The predicted molar refractivity (Wildman–Crippen MR) is 153 cm³/mol. The van der Waals surface area contributed by atoms with Gasteiger partial charge in [-0.05, 0) is 43.7 Å². The molecular formula is C27H31F2N6O8P. The van der Waals surface area contributed by atoms with Gasteiger partial charge in [-0.15, -0.1) is 0 Å². The van der Waals surface area contributed by atoms with Gasteiger partial charge in [0.2, 0.25) is 0 Å². The summed E-state index contributed by atoms with van der Waals surface area (Å²) >= 11 is 0. The average molecular weight is 637 g/mol. The number of esters is 1. The molecule has 0 bridgehead atoms. The molecular weight excluding hydrogens is 605 g/mol. The largest absolute Gasteiger partial charge is 0.462 e. The third kappa shape index (κ3) is 6.09. The van der Waals surface area contributed by atoms with Crippen molar-refractivity contribution in [3.05, 3.63) is 55.1 Å². The number of halogens is 2. The van der Waals surface area contributed by atoms with Crippen molar-refractivity contribution in [1.29, 1.82) is 0 Å². The van der Waals surface area contributed by atoms with Crippen molar-refractivity contribution >= 4 is 41.5 Å². The molecule has 0 spiro atoms. The summed E-state index contributed by atoms with van der Waals surface area (Å²) in [6, 6.07) is 10.7. The number of hydrogen-bond donors (Lipinski definition) is 4. The molecule has 44 heavy (non-hydrogen) atoms. The van der Waals surface area contributed by atoms with Crippen molar-refractivity contribution in [1.82, 2.24) is 24.6 Å². The first-order chi connectivity index (χ1) is 20.8. The van der Waals surface area contributed by atoms with Crippen LogP contribution < -0.4 is 15.3 Å². The molecule has 0 amide bonds. The van der Waals surface area contributed by atoms with Gasteiger partial charge in [0.05, 0.1) is 19.0 Å². The van der Waals surface area contributed by atoms with E-state index in [9.17, 15) is 28.4 Å². The monoisotopic (exact) mass is 636 g/mol. The number of benzene rings is 2. The fourth-order valence-corrected chi connectivity index (χ4v) is 6.24. The standard InChI is InChI=1S/C27H31F2N6O8P/c1-14(2)41-25(38)15(3)34-44(39,43-18-9-8-16-6-4-5-7-17(16)10-18)40-11-27(26(28)29)21(37)20(36)24(42-27)35-13-33-19-22(30)31-12-32-23(19)35/h4-10,12-15,20-21,24,26,36-37H,11H2,1-3H3,(H,34,39)(H2,30,31,32)/t15-,20-,21-,24+,27+,44?/m0/s1. The number of aliphatic hydroxyl groups excluding tert-OH is 2. The van der Waals surface area contributed by atoms with Gasteiger partial charge in [0.25, 0.3) is 6.43 Å². The van der Waals surface area contributed by atoms with Gasteiger partial charge in [0.15, 0.2) is 23.3 Å². The molecule has 5 rings (SSSR count). The van der Waals surface area contributed by atoms with Crippen molar-refractivity contribution in [3.8, 4) is 5.75 Å². The summed E-state index contributed by atoms with van der Waals surface area (Å²) in [5.74, 6) is -0.786. The van der Waals surface area contributed by atoms with E-state index < -0.39 is 62.9 Å². The number of carbonyl (C=O) groups is 1. The molecule has 0 aliphatic carbocycles. The normalized spacial score (nSPS) is 24.2. The van der Waals surface area contributed by atoms with E-state index in [-0.39, 0.29) is 22.7 Å². The number of anilines is 1. The maximum Gasteiger partial charge on any atom is 0.459 e. The van der Waals surface area contributed by atoms with E-state index in [1.807, 2.05) is 12.1 Å². The lowest BCUT2D eigenvalue weighted by molar-refractivity contribution is -0.191. The minimum atomic E-state index is -4.69. The summed E-state index contributed by atoms with van der Waals surface area (Å²) in [5.41, 5.74) is 3.05. The fraction of sp³-hybridized carbons (Fsp3) is 0.407. The van der Waals surface area contributed by atoms with E-state index in [1.165, 1.54) is 13.0 Å². The van der Waals surface area contributed by atoms with E-state index in [2.05, 4.69) is 20.0 Å². The molecule has 1 aliphatic rings. The highest BCUT2D eigenvalue weighted by molar-refractivity contribution is 7.52. The van der Waals surface area contributed by atoms with Crippen molar-refractivity contribution in [3.63, 3.8) is 0 Å². The number of nitrogen functional groups attached to an aromatic ring is 1.